The molecule has 0 spiro atoms. The maximum absolute atomic E-state index is 11.2. The molecule has 0 aliphatic rings. The highest BCUT2D eigenvalue weighted by Crippen LogP contribution is 2.24. The minimum atomic E-state index is -0.0943. The molecule has 0 aliphatic heterocycles. The van der Waals surface area contributed by atoms with Crippen molar-refractivity contribution in [1.29, 1.82) is 0 Å². The lowest BCUT2D eigenvalue weighted by Crippen LogP contribution is -2.25. The summed E-state index contributed by atoms with van der Waals surface area (Å²) in [6, 6.07) is 0. The number of hydrogen-bond acceptors (Lipinski definition) is 6. The van der Waals surface area contributed by atoms with E-state index >= 15 is 0 Å². The van der Waals surface area contributed by atoms with Gasteiger partial charge in [-0.15, -0.1) is 16.6 Å². The van der Waals surface area contributed by atoms with Gasteiger partial charge < -0.3 is 10.6 Å². The third-order valence-corrected chi connectivity index (χ3v) is 3.46. The summed E-state index contributed by atoms with van der Waals surface area (Å²) in [5.41, 5.74) is 0. The van der Waals surface area contributed by atoms with Crippen molar-refractivity contribution in [3.05, 3.63) is 0 Å². The zero-order valence-corrected chi connectivity index (χ0v) is 10.5. The van der Waals surface area contributed by atoms with Crippen LogP contribution in [-0.4, -0.2) is 34.9 Å². The lowest BCUT2D eigenvalue weighted by molar-refractivity contribution is -0.118. The Morgan fingerprint density at radius 2 is 2.44 bits per heavy atom. The van der Waals surface area contributed by atoms with Gasteiger partial charge in [0.15, 0.2) is 4.34 Å². The van der Waals surface area contributed by atoms with Gasteiger partial charge in [-0.1, -0.05) is 29.0 Å². The van der Waals surface area contributed by atoms with E-state index < -0.39 is 0 Å². The molecule has 0 unspecified atom stereocenters. The summed E-state index contributed by atoms with van der Waals surface area (Å²) < 4.78 is 0.770. The SMILES string of the molecule is C#CCNC(=O)CSc1nnc(NCC)s1. The summed E-state index contributed by atoms with van der Waals surface area (Å²) in [5.74, 6) is 2.55. The summed E-state index contributed by atoms with van der Waals surface area (Å²) in [5, 5.41) is 14.3. The standard InChI is InChI=1S/C9H12N4OS2/c1-3-5-11-7(14)6-15-9-13-12-8(16-9)10-4-2/h1H,4-6H2,2H3,(H,10,12)(H,11,14). The second-order valence-electron chi connectivity index (χ2n) is 2.67. The van der Waals surface area contributed by atoms with Crippen molar-refractivity contribution >= 4 is 34.1 Å². The molecule has 5 nitrogen and oxygen atoms in total. The van der Waals surface area contributed by atoms with Crippen LogP contribution in [0.5, 0.6) is 0 Å². The predicted molar refractivity (Wildman–Crippen MR) is 66.6 cm³/mol. The highest BCUT2D eigenvalue weighted by Gasteiger charge is 2.06. The third-order valence-electron chi connectivity index (χ3n) is 1.45. The van der Waals surface area contributed by atoms with E-state index in [1.165, 1.54) is 23.1 Å². The molecule has 86 valence electrons. The van der Waals surface area contributed by atoms with Crippen molar-refractivity contribution in [3.63, 3.8) is 0 Å². The highest BCUT2D eigenvalue weighted by molar-refractivity contribution is 8.01. The average Bonchev–Trinajstić information content (AvgIpc) is 2.72. The lowest BCUT2D eigenvalue weighted by atomic mass is 10.6. The van der Waals surface area contributed by atoms with Crippen LogP contribution in [0.4, 0.5) is 5.13 Å². The molecule has 0 radical (unpaired) electrons. The first-order valence-electron chi connectivity index (χ1n) is 4.66. The van der Waals surface area contributed by atoms with Gasteiger partial charge in [0.1, 0.15) is 0 Å². The van der Waals surface area contributed by atoms with Crippen LogP contribution in [0, 0.1) is 12.3 Å². The normalized spacial score (nSPS) is 9.50. The van der Waals surface area contributed by atoms with E-state index in [0.29, 0.717) is 5.75 Å². The summed E-state index contributed by atoms with van der Waals surface area (Å²) in [6.07, 6.45) is 5.02. The minimum absolute atomic E-state index is 0.0943. The fraction of sp³-hybridized carbons (Fsp3) is 0.444. The topological polar surface area (TPSA) is 66.9 Å². The molecule has 1 aromatic rings. The van der Waals surface area contributed by atoms with E-state index in [1.807, 2.05) is 6.92 Å². The summed E-state index contributed by atoms with van der Waals surface area (Å²) in [4.78, 5) is 11.2. The number of rotatable bonds is 6. The second kappa shape index (κ2) is 7.09. The Morgan fingerprint density at radius 3 is 3.12 bits per heavy atom. The van der Waals surface area contributed by atoms with Gasteiger partial charge in [-0.25, -0.2) is 0 Å². The van der Waals surface area contributed by atoms with Crippen molar-refractivity contribution in [1.82, 2.24) is 15.5 Å². The second-order valence-corrected chi connectivity index (χ2v) is 4.87. The van der Waals surface area contributed by atoms with Crippen LogP contribution in [0.2, 0.25) is 0 Å². The molecular weight excluding hydrogens is 244 g/mol. The Kier molecular flexibility index (Phi) is 5.67. The number of nitrogens with zero attached hydrogens (tertiary/aromatic N) is 2. The van der Waals surface area contributed by atoms with Crippen LogP contribution in [-0.2, 0) is 4.79 Å². The molecule has 2 N–H and O–H groups in total. The molecular formula is C9H12N4OS2. The van der Waals surface area contributed by atoms with Gasteiger partial charge in [0.25, 0.3) is 0 Å². The Hall–Kier alpha value is -1.26. The molecule has 16 heavy (non-hydrogen) atoms. The fourth-order valence-electron chi connectivity index (χ4n) is 0.819. The maximum atomic E-state index is 11.2. The molecule has 0 aliphatic carbocycles. The highest BCUT2D eigenvalue weighted by atomic mass is 32.2. The zero-order valence-electron chi connectivity index (χ0n) is 8.82. The Balaban J connectivity index is 2.31. The summed E-state index contributed by atoms with van der Waals surface area (Å²) in [6.45, 7) is 3.06. The fourth-order valence-corrected chi connectivity index (χ4v) is 2.47. The smallest absolute Gasteiger partial charge is 0.231 e. The van der Waals surface area contributed by atoms with Gasteiger partial charge >= 0.3 is 0 Å². The number of thioether (sulfide) groups is 1. The molecule has 1 amide bonds. The Bertz CT molecular complexity index is 385. The summed E-state index contributed by atoms with van der Waals surface area (Å²) >= 11 is 2.78. The predicted octanol–water partition coefficient (Wildman–Crippen LogP) is 0.811. The molecule has 0 atom stereocenters. The quantitative estimate of drug-likeness (QED) is 0.582. The Labute approximate surface area is 102 Å². The first-order chi connectivity index (χ1) is 7.76. The van der Waals surface area contributed by atoms with E-state index in [4.69, 9.17) is 6.42 Å². The Morgan fingerprint density at radius 1 is 1.62 bits per heavy atom. The number of anilines is 1. The van der Waals surface area contributed by atoms with Gasteiger partial charge in [-0.2, -0.15) is 0 Å². The van der Waals surface area contributed by atoms with Crippen LogP contribution in [0.1, 0.15) is 6.92 Å². The van der Waals surface area contributed by atoms with Gasteiger partial charge in [0.05, 0.1) is 12.3 Å². The average molecular weight is 256 g/mol. The van der Waals surface area contributed by atoms with Gasteiger partial charge in [0, 0.05) is 6.54 Å². The molecule has 0 bridgehead atoms. The molecule has 0 saturated heterocycles. The van der Waals surface area contributed by atoms with Crippen molar-refractivity contribution < 1.29 is 4.79 Å². The number of carbonyl (C=O) groups is 1. The molecule has 0 fully saturated rings. The first-order valence-corrected chi connectivity index (χ1v) is 6.46. The molecule has 0 saturated carbocycles. The van der Waals surface area contributed by atoms with E-state index in [9.17, 15) is 4.79 Å². The van der Waals surface area contributed by atoms with Crippen LogP contribution in [0.3, 0.4) is 0 Å². The molecule has 1 rings (SSSR count). The largest absolute Gasteiger partial charge is 0.360 e. The monoisotopic (exact) mass is 256 g/mol. The number of nitrogens with one attached hydrogen (secondary N) is 2. The van der Waals surface area contributed by atoms with Gasteiger partial charge in [-0.05, 0) is 6.92 Å². The minimum Gasteiger partial charge on any atom is -0.360 e. The van der Waals surface area contributed by atoms with Crippen molar-refractivity contribution in [2.75, 3.05) is 24.2 Å². The number of amides is 1. The molecule has 1 aromatic heterocycles. The van der Waals surface area contributed by atoms with Gasteiger partial charge in [0.2, 0.25) is 11.0 Å². The van der Waals surface area contributed by atoms with Gasteiger partial charge in [-0.3, -0.25) is 4.79 Å². The maximum Gasteiger partial charge on any atom is 0.231 e. The number of terminal acetylenes is 1. The van der Waals surface area contributed by atoms with Crippen molar-refractivity contribution in [3.8, 4) is 12.3 Å². The lowest BCUT2D eigenvalue weighted by Gasteiger charge is -1.98. The van der Waals surface area contributed by atoms with E-state index in [2.05, 4.69) is 26.8 Å². The van der Waals surface area contributed by atoms with E-state index in [0.717, 1.165) is 16.0 Å². The summed E-state index contributed by atoms with van der Waals surface area (Å²) in [7, 11) is 0. The number of aromatic nitrogens is 2. The van der Waals surface area contributed by atoms with Crippen LogP contribution in [0.25, 0.3) is 0 Å². The number of hydrogen-bond donors (Lipinski definition) is 2. The van der Waals surface area contributed by atoms with Crippen LogP contribution < -0.4 is 10.6 Å². The zero-order chi connectivity index (χ0) is 11.8. The van der Waals surface area contributed by atoms with Crippen molar-refractivity contribution in [2.45, 2.75) is 11.3 Å². The van der Waals surface area contributed by atoms with Crippen molar-refractivity contribution in [2.24, 2.45) is 0 Å². The number of carbonyl (C=O) groups excluding carboxylic acids is 1. The first kappa shape index (κ1) is 12.8. The molecule has 0 aromatic carbocycles. The molecule has 1 heterocycles. The third kappa shape index (κ3) is 4.51. The van der Waals surface area contributed by atoms with E-state index in [-0.39, 0.29) is 12.5 Å². The molecule has 7 heteroatoms. The van der Waals surface area contributed by atoms with Crippen LogP contribution in [0.15, 0.2) is 4.34 Å². The van der Waals surface area contributed by atoms with E-state index in [1.54, 1.807) is 0 Å². The van der Waals surface area contributed by atoms with Crippen LogP contribution >= 0.6 is 23.1 Å².